The fraction of sp³-hybridized carbons (Fsp3) is 0.209. The molecule has 0 saturated heterocycles. The molecule has 0 unspecified atom stereocenters. The molecule has 2 N–H and O–H groups in total. The molecule has 0 bridgehead atoms. The van der Waals surface area contributed by atoms with Crippen LogP contribution in [0.4, 0.5) is 8.78 Å². The van der Waals surface area contributed by atoms with Gasteiger partial charge >= 0.3 is 0 Å². The van der Waals surface area contributed by atoms with Crippen molar-refractivity contribution in [2.45, 2.75) is 68.8 Å². The number of aryl methyl sites for hydroxylation is 2. The first-order valence-electron chi connectivity index (χ1n) is 18.4. The Labute approximate surface area is 329 Å². The summed E-state index contributed by atoms with van der Waals surface area (Å²) in [7, 11) is -8.87. The van der Waals surface area contributed by atoms with Crippen molar-refractivity contribution < 1.29 is 34.7 Å². The molecule has 6 aromatic rings. The van der Waals surface area contributed by atoms with Crippen molar-refractivity contribution in [1.29, 1.82) is 0 Å². The van der Waals surface area contributed by atoms with Gasteiger partial charge in [0.15, 0.2) is 0 Å². The number of benzene rings is 4. The van der Waals surface area contributed by atoms with E-state index in [2.05, 4.69) is 10.2 Å². The summed E-state index contributed by atoms with van der Waals surface area (Å²) in [6.45, 7) is 4.69. The van der Waals surface area contributed by atoms with Crippen LogP contribution in [0, 0.1) is 13.8 Å². The second-order valence-electron chi connectivity index (χ2n) is 14.6. The molecule has 0 atom stereocenters. The van der Waals surface area contributed by atoms with Gasteiger partial charge in [0.25, 0.3) is 20.2 Å². The van der Waals surface area contributed by atoms with E-state index in [1.807, 2.05) is 62.4 Å². The van der Waals surface area contributed by atoms with Gasteiger partial charge in [0.2, 0.25) is 0 Å². The second kappa shape index (κ2) is 14.8. The summed E-state index contributed by atoms with van der Waals surface area (Å²) in [5.41, 5.74) is 9.69. The van der Waals surface area contributed by atoms with Crippen LogP contribution in [0.25, 0.3) is 34.2 Å². The van der Waals surface area contributed by atoms with Crippen molar-refractivity contribution in [2.24, 2.45) is 0 Å². The van der Waals surface area contributed by atoms with Gasteiger partial charge in [-0.3, -0.25) is 18.5 Å². The predicted molar refractivity (Wildman–Crippen MR) is 213 cm³/mol. The van der Waals surface area contributed by atoms with Crippen molar-refractivity contribution in [3.8, 4) is 22.5 Å². The number of aromatic nitrogens is 4. The normalized spacial score (nSPS) is 13.8. The van der Waals surface area contributed by atoms with Gasteiger partial charge in [0.1, 0.15) is 23.0 Å². The first kappa shape index (κ1) is 38.3. The molecule has 0 aliphatic heterocycles. The van der Waals surface area contributed by atoms with E-state index in [-0.39, 0.29) is 46.9 Å². The molecule has 292 valence electrons. The number of nitrogens with zero attached hydrogens (tertiary/aromatic N) is 4. The van der Waals surface area contributed by atoms with Crippen LogP contribution in [0.5, 0.6) is 0 Å². The molecule has 8 rings (SSSR count). The molecule has 0 saturated carbocycles. The molecule has 4 aromatic carbocycles. The summed E-state index contributed by atoms with van der Waals surface area (Å²) in [5.74, 6) is -1.09. The number of unbranched alkanes of at least 4 members (excludes halogenated alkanes) is 2. The fourth-order valence-electron chi connectivity index (χ4n) is 7.65. The Balaban J connectivity index is 1.03. The van der Waals surface area contributed by atoms with Crippen LogP contribution in [0.15, 0.2) is 107 Å². The molecule has 0 amide bonds. The summed E-state index contributed by atoms with van der Waals surface area (Å²) in [4.78, 5) is -0.470. The average molecular weight is 809 g/mol. The lowest BCUT2D eigenvalue weighted by molar-refractivity contribution is 0.481. The number of rotatable bonds is 12. The Hall–Kier alpha value is -5.54. The van der Waals surface area contributed by atoms with Gasteiger partial charge < -0.3 is 0 Å². The van der Waals surface area contributed by atoms with E-state index < -0.39 is 31.9 Å². The molecule has 57 heavy (non-hydrogen) atoms. The highest BCUT2D eigenvalue weighted by Crippen LogP contribution is 2.43. The van der Waals surface area contributed by atoms with Crippen LogP contribution >= 0.6 is 0 Å². The molecule has 2 aliphatic rings. The number of halogens is 2. The number of hydrogen-bond acceptors (Lipinski definition) is 6. The predicted octanol–water partition coefficient (Wildman–Crippen LogP) is 8.92. The Morgan fingerprint density at radius 3 is 1.39 bits per heavy atom. The first-order chi connectivity index (χ1) is 27.1. The highest BCUT2D eigenvalue weighted by atomic mass is 32.2. The van der Waals surface area contributed by atoms with Gasteiger partial charge in [-0.05, 0) is 91.8 Å². The molecule has 0 radical (unpaired) electrons. The third kappa shape index (κ3) is 7.65. The van der Waals surface area contributed by atoms with Gasteiger partial charge in [-0.2, -0.15) is 27.0 Å². The Morgan fingerprint density at radius 2 is 1.02 bits per heavy atom. The van der Waals surface area contributed by atoms with Crippen LogP contribution < -0.4 is 0 Å². The summed E-state index contributed by atoms with van der Waals surface area (Å²) >= 11 is 0. The van der Waals surface area contributed by atoms with Crippen LogP contribution in [0.3, 0.4) is 0 Å². The molecule has 14 heteroatoms. The van der Waals surface area contributed by atoms with Crippen molar-refractivity contribution in [3.63, 3.8) is 0 Å². The lowest BCUT2D eigenvalue weighted by atomic mass is 10.1. The van der Waals surface area contributed by atoms with Crippen LogP contribution in [-0.2, 0) is 46.2 Å². The highest BCUT2D eigenvalue weighted by molar-refractivity contribution is 7.86. The zero-order chi connectivity index (χ0) is 40.2. The van der Waals surface area contributed by atoms with Crippen LogP contribution in [-0.4, -0.2) is 45.5 Å². The van der Waals surface area contributed by atoms with E-state index in [1.165, 1.54) is 36.4 Å². The zero-order valence-corrected chi connectivity index (χ0v) is 32.7. The topological polar surface area (TPSA) is 144 Å². The standard InChI is InChI=1S/C43H38F2N4O6S2/c1-26-8-12-28(13-9-26)24-48-42-34-18-16-32(56(50,51)52)20-30(34)22-36(42)40(46-48)38(44)6-4-3-5-7-39(45)41-37-23-31-21-33(57(53,54)55)17-19-35(31)43(37)49(47-41)25-29-14-10-27(2)11-15-29/h6-21H,3-5,22-25H2,1-2H3,(H,50,51,52)(H,53,54,55)/b38-6-,39-7-. The fourth-order valence-corrected chi connectivity index (χ4v) is 8.71. The number of fused-ring (bicyclic) bond motifs is 6. The minimum atomic E-state index is -4.43. The van der Waals surface area contributed by atoms with Gasteiger partial charge in [0, 0.05) is 35.1 Å². The van der Waals surface area contributed by atoms with E-state index in [1.54, 1.807) is 21.5 Å². The molecule has 2 aliphatic carbocycles. The Morgan fingerprint density at radius 1 is 0.632 bits per heavy atom. The molecule has 0 spiro atoms. The summed E-state index contributed by atoms with van der Waals surface area (Å²) < 4.78 is 102. The van der Waals surface area contributed by atoms with Gasteiger partial charge in [-0.15, -0.1) is 0 Å². The van der Waals surface area contributed by atoms with Crippen molar-refractivity contribution >= 4 is 31.9 Å². The first-order valence-corrected chi connectivity index (χ1v) is 21.3. The lowest BCUT2D eigenvalue weighted by Crippen LogP contribution is -2.05. The van der Waals surface area contributed by atoms with E-state index in [4.69, 9.17) is 0 Å². The van der Waals surface area contributed by atoms with Crippen LogP contribution in [0.1, 0.15) is 75.2 Å². The quantitative estimate of drug-likeness (QED) is 0.0920. The smallest absolute Gasteiger partial charge is 0.282 e. The maximum absolute atomic E-state index is 16.0. The largest absolute Gasteiger partial charge is 0.294 e. The Bertz CT molecular complexity index is 2660. The molecular weight excluding hydrogens is 771 g/mol. The molecule has 10 nitrogen and oxygen atoms in total. The van der Waals surface area contributed by atoms with Crippen molar-refractivity contribution in [3.05, 3.63) is 153 Å². The summed E-state index contributed by atoms with van der Waals surface area (Å²) in [5, 5.41) is 9.34. The molecule has 0 fully saturated rings. The SMILES string of the molecule is Cc1ccc(Cn2nc(/C(F)=C/CCC/C=C(\F)c3nn(Cc4ccc(C)cc4)c4c3Cc3cc(S(=O)(=O)O)ccc3-4)c3c2-c2ccc(S(=O)(=O)O)cc2C3)cc1. The maximum atomic E-state index is 16.0. The number of allylic oxidation sites excluding steroid dienone is 2. The molecule has 2 heterocycles. The summed E-state index contributed by atoms with van der Waals surface area (Å²) in [6, 6.07) is 24.5. The van der Waals surface area contributed by atoms with E-state index in [0.717, 1.165) is 22.3 Å². The van der Waals surface area contributed by atoms with Gasteiger partial charge in [-0.25, -0.2) is 8.78 Å². The van der Waals surface area contributed by atoms with Gasteiger partial charge in [-0.1, -0.05) is 71.8 Å². The van der Waals surface area contributed by atoms with Gasteiger partial charge in [0.05, 0.1) is 34.3 Å². The zero-order valence-electron chi connectivity index (χ0n) is 31.1. The van der Waals surface area contributed by atoms with E-state index >= 15 is 8.78 Å². The number of hydrogen-bond donors (Lipinski definition) is 2. The minimum Gasteiger partial charge on any atom is -0.282 e. The van der Waals surface area contributed by atoms with Crippen molar-refractivity contribution in [2.75, 3.05) is 0 Å². The average Bonchev–Trinajstić information content (AvgIpc) is 3.91. The third-order valence-corrected chi connectivity index (χ3v) is 12.2. The maximum Gasteiger partial charge on any atom is 0.294 e. The molecule has 2 aromatic heterocycles. The molecular formula is C43H38F2N4O6S2. The lowest BCUT2D eigenvalue weighted by Gasteiger charge is -2.09. The van der Waals surface area contributed by atoms with Crippen molar-refractivity contribution in [1.82, 2.24) is 19.6 Å². The highest BCUT2D eigenvalue weighted by Gasteiger charge is 2.32. The third-order valence-electron chi connectivity index (χ3n) is 10.5. The van der Waals surface area contributed by atoms with E-state index in [0.29, 0.717) is 64.3 Å². The van der Waals surface area contributed by atoms with Crippen LogP contribution in [0.2, 0.25) is 0 Å². The monoisotopic (exact) mass is 808 g/mol. The summed E-state index contributed by atoms with van der Waals surface area (Å²) in [6.07, 6.45) is 4.28. The second-order valence-corrected chi connectivity index (χ2v) is 17.5. The van der Waals surface area contributed by atoms with E-state index in [9.17, 15) is 25.9 Å². The Kier molecular flexibility index (Phi) is 9.93. The minimum absolute atomic E-state index is 0.148.